The monoisotopic (exact) mass is 375 g/mol. The van der Waals surface area contributed by atoms with Crippen molar-refractivity contribution in [3.05, 3.63) is 24.3 Å². The number of ether oxygens (including phenoxy) is 2. The molecule has 2 fully saturated rings. The molecule has 2 N–H and O–H groups in total. The lowest BCUT2D eigenvalue weighted by Crippen LogP contribution is -2.59. The number of hydrogen-bond acceptors (Lipinski definition) is 5. The molecule has 0 aliphatic carbocycles. The Kier molecular flexibility index (Phi) is 6.21. The van der Waals surface area contributed by atoms with E-state index in [1.807, 2.05) is 29.2 Å². The minimum Gasteiger partial charge on any atom is -0.497 e. The van der Waals surface area contributed by atoms with Gasteiger partial charge in [0.2, 0.25) is 11.8 Å². The van der Waals surface area contributed by atoms with Crippen molar-refractivity contribution in [3.8, 4) is 5.75 Å². The van der Waals surface area contributed by atoms with Crippen molar-refractivity contribution in [2.75, 3.05) is 45.8 Å². The number of amides is 2. The summed E-state index contributed by atoms with van der Waals surface area (Å²) >= 11 is 0. The molecule has 2 aliphatic heterocycles. The Bertz CT molecular complexity index is 665. The fraction of sp³-hybridized carbons (Fsp3) is 0.600. The van der Waals surface area contributed by atoms with Gasteiger partial charge in [0.05, 0.1) is 7.11 Å². The second-order valence-electron chi connectivity index (χ2n) is 7.23. The molecule has 7 nitrogen and oxygen atoms in total. The molecule has 2 heterocycles. The van der Waals surface area contributed by atoms with Gasteiger partial charge in [0.25, 0.3) is 0 Å². The second-order valence-corrected chi connectivity index (χ2v) is 7.23. The number of nitrogens with zero attached hydrogens (tertiary/aromatic N) is 1. The lowest BCUT2D eigenvalue weighted by atomic mass is 9.85. The van der Waals surface area contributed by atoms with Gasteiger partial charge in [-0.2, -0.15) is 0 Å². The topological polar surface area (TPSA) is 79.9 Å². The highest BCUT2D eigenvalue weighted by atomic mass is 16.5. The third-order valence-electron chi connectivity index (χ3n) is 5.61. The lowest BCUT2D eigenvalue weighted by molar-refractivity contribution is -0.141. The zero-order chi connectivity index (χ0) is 19.3. The minimum absolute atomic E-state index is 0.0523. The van der Waals surface area contributed by atoms with Crippen LogP contribution in [0, 0.1) is 5.92 Å². The van der Waals surface area contributed by atoms with Gasteiger partial charge < -0.3 is 25.0 Å². The first-order valence-corrected chi connectivity index (χ1v) is 9.59. The van der Waals surface area contributed by atoms with E-state index < -0.39 is 5.54 Å². The number of likely N-dealkylation sites (tertiary alicyclic amines) is 1. The van der Waals surface area contributed by atoms with Gasteiger partial charge in [-0.3, -0.25) is 9.59 Å². The quantitative estimate of drug-likeness (QED) is 0.818. The maximum absolute atomic E-state index is 12.8. The second kappa shape index (κ2) is 8.61. The van der Waals surface area contributed by atoms with Crippen molar-refractivity contribution in [2.24, 2.45) is 5.92 Å². The Morgan fingerprint density at radius 2 is 1.93 bits per heavy atom. The highest BCUT2D eigenvalue weighted by Crippen LogP contribution is 2.30. The summed E-state index contributed by atoms with van der Waals surface area (Å²) in [5, 5.41) is 6.19. The normalized spacial score (nSPS) is 20.0. The smallest absolute Gasteiger partial charge is 0.245 e. The Balaban J connectivity index is 1.69. The van der Waals surface area contributed by atoms with E-state index in [-0.39, 0.29) is 17.7 Å². The van der Waals surface area contributed by atoms with Crippen LogP contribution in [-0.2, 0) is 14.3 Å². The van der Waals surface area contributed by atoms with Crippen LogP contribution >= 0.6 is 0 Å². The van der Waals surface area contributed by atoms with Crippen molar-refractivity contribution in [1.82, 2.24) is 10.2 Å². The average molecular weight is 375 g/mol. The van der Waals surface area contributed by atoms with Crippen molar-refractivity contribution in [1.29, 1.82) is 0 Å². The summed E-state index contributed by atoms with van der Waals surface area (Å²) in [4.78, 5) is 27.4. The molecule has 148 valence electrons. The molecule has 0 atom stereocenters. The predicted molar refractivity (Wildman–Crippen MR) is 103 cm³/mol. The Labute approximate surface area is 160 Å². The van der Waals surface area contributed by atoms with Crippen molar-refractivity contribution < 1.29 is 19.1 Å². The number of nitrogens with one attached hydrogen (secondary N) is 2. The zero-order valence-electron chi connectivity index (χ0n) is 16.1. The van der Waals surface area contributed by atoms with Crippen LogP contribution in [0.5, 0.6) is 5.75 Å². The van der Waals surface area contributed by atoms with Gasteiger partial charge in [-0.1, -0.05) is 6.07 Å². The number of hydrogen-bond donors (Lipinski definition) is 2. The lowest BCUT2D eigenvalue weighted by Gasteiger charge is -2.42. The van der Waals surface area contributed by atoms with E-state index in [1.165, 1.54) is 0 Å². The number of benzene rings is 1. The van der Waals surface area contributed by atoms with Crippen LogP contribution in [-0.4, -0.2) is 62.7 Å². The SMILES string of the molecule is CNC(=O)C1(Nc2cccc(OC)c2)CCN(C(=O)C2CCOCC2)CC1. The van der Waals surface area contributed by atoms with Crippen molar-refractivity contribution in [3.63, 3.8) is 0 Å². The number of likely N-dealkylation sites (N-methyl/N-ethyl adjacent to an activating group) is 1. The summed E-state index contributed by atoms with van der Waals surface area (Å²) in [5.41, 5.74) is 0.107. The Morgan fingerprint density at radius 1 is 1.22 bits per heavy atom. The molecule has 0 unspecified atom stereocenters. The first kappa shape index (κ1) is 19.5. The molecule has 1 aromatic rings. The minimum atomic E-state index is -0.729. The third kappa shape index (κ3) is 4.35. The molecule has 2 saturated heterocycles. The van der Waals surface area contributed by atoms with E-state index in [0.717, 1.165) is 24.3 Å². The number of piperidine rings is 1. The number of anilines is 1. The Morgan fingerprint density at radius 3 is 2.56 bits per heavy atom. The van der Waals surface area contributed by atoms with E-state index in [1.54, 1.807) is 14.2 Å². The molecule has 3 rings (SSSR count). The van der Waals surface area contributed by atoms with Gasteiger partial charge >= 0.3 is 0 Å². The summed E-state index contributed by atoms with van der Waals surface area (Å²) < 4.78 is 10.6. The van der Waals surface area contributed by atoms with Crippen LogP contribution in [0.1, 0.15) is 25.7 Å². The van der Waals surface area contributed by atoms with E-state index in [2.05, 4.69) is 10.6 Å². The molecular weight excluding hydrogens is 346 g/mol. The third-order valence-corrected chi connectivity index (χ3v) is 5.61. The summed E-state index contributed by atoms with van der Waals surface area (Å²) in [5.74, 6) is 0.936. The van der Waals surface area contributed by atoms with Crippen LogP contribution in [0.2, 0.25) is 0 Å². The molecule has 2 aliphatic rings. The van der Waals surface area contributed by atoms with Crippen LogP contribution < -0.4 is 15.4 Å². The fourth-order valence-corrected chi connectivity index (χ4v) is 3.94. The largest absolute Gasteiger partial charge is 0.497 e. The summed E-state index contributed by atoms with van der Waals surface area (Å²) in [6.45, 7) is 2.45. The molecule has 27 heavy (non-hydrogen) atoms. The highest BCUT2D eigenvalue weighted by Gasteiger charge is 2.42. The molecule has 0 spiro atoms. The molecule has 0 aromatic heterocycles. The van der Waals surface area contributed by atoms with E-state index in [4.69, 9.17) is 9.47 Å². The number of carbonyl (C=O) groups excluding carboxylic acids is 2. The maximum atomic E-state index is 12.8. The summed E-state index contributed by atoms with van der Waals surface area (Å²) in [6, 6.07) is 7.56. The zero-order valence-corrected chi connectivity index (χ0v) is 16.1. The van der Waals surface area contributed by atoms with E-state index in [0.29, 0.717) is 39.1 Å². The van der Waals surface area contributed by atoms with Crippen LogP contribution in [0.15, 0.2) is 24.3 Å². The number of carbonyl (C=O) groups is 2. The molecule has 0 radical (unpaired) electrons. The fourth-order valence-electron chi connectivity index (χ4n) is 3.94. The predicted octanol–water partition coefficient (Wildman–Crippen LogP) is 1.64. The molecule has 7 heteroatoms. The molecule has 0 saturated carbocycles. The molecule has 0 bridgehead atoms. The average Bonchev–Trinajstić information content (AvgIpc) is 2.74. The van der Waals surface area contributed by atoms with Gasteiger partial charge in [-0.15, -0.1) is 0 Å². The van der Waals surface area contributed by atoms with Gasteiger partial charge in [0.1, 0.15) is 11.3 Å². The van der Waals surface area contributed by atoms with Crippen molar-refractivity contribution in [2.45, 2.75) is 31.2 Å². The molecular formula is C20H29N3O4. The van der Waals surface area contributed by atoms with Crippen molar-refractivity contribution >= 4 is 17.5 Å². The highest BCUT2D eigenvalue weighted by molar-refractivity contribution is 5.90. The van der Waals surface area contributed by atoms with Gasteiger partial charge in [-0.05, 0) is 37.8 Å². The number of methoxy groups -OCH3 is 1. The summed E-state index contributed by atoms with van der Waals surface area (Å²) in [6.07, 6.45) is 2.72. The summed E-state index contributed by atoms with van der Waals surface area (Å²) in [7, 11) is 3.27. The standard InChI is InChI=1S/C20H29N3O4/c1-21-19(25)20(22-16-4-3-5-17(14-16)26-2)8-10-23(11-9-20)18(24)15-6-12-27-13-7-15/h3-5,14-15,22H,6-13H2,1-2H3,(H,21,25). The van der Waals surface area contributed by atoms with Gasteiger partial charge in [0, 0.05) is 51.0 Å². The van der Waals surface area contributed by atoms with E-state index >= 15 is 0 Å². The number of rotatable bonds is 5. The molecule has 2 amide bonds. The maximum Gasteiger partial charge on any atom is 0.245 e. The van der Waals surface area contributed by atoms with Gasteiger partial charge in [0.15, 0.2) is 0 Å². The first-order chi connectivity index (χ1) is 13.1. The van der Waals surface area contributed by atoms with Crippen LogP contribution in [0.3, 0.4) is 0 Å². The van der Waals surface area contributed by atoms with Crippen LogP contribution in [0.4, 0.5) is 5.69 Å². The molecule has 1 aromatic carbocycles. The first-order valence-electron chi connectivity index (χ1n) is 9.59. The van der Waals surface area contributed by atoms with Gasteiger partial charge in [-0.25, -0.2) is 0 Å². The van der Waals surface area contributed by atoms with Crippen LogP contribution in [0.25, 0.3) is 0 Å². The Hall–Kier alpha value is -2.28. The van der Waals surface area contributed by atoms with E-state index in [9.17, 15) is 9.59 Å².